The lowest BCUT2D eigenvalue weighted by molar-refractivity contribution is -0.120. The predicted octanol–water partition coefficient (Wildman–Crippen LogP) is 3.43. The summed E-state index contributed by atoms with van der Waals surface area (Å²) in [7, 11) is 0. The second kappa shape index (κ2) is 5.74. The fourth-order valence-electron chi connectivity index (χ4n) is 1.28. The summed E-state index contributed by atoms with van der Waals surface area (Å²) in [6.45, 7) is 6.05. The number of carbonyl (C=O) groups is 1. The molecule has 0 saturated heterocycles. The van der Waals surface area contributed by atoms with E-state index < -0.39 is 0 Å². The highest BCUT2D eigenvalue weighted by Gasteiger charge is 2.13. The normalized spacial score (nSPS) is 11.1. The van der Waals surface area contributed by atoms with E-state index in [1.165, 1.54) is 0 Å². The Kier molecular flexibility index (Phi) is 4.83. The third kappa shape index (κ3) is 4.96. The second-order valence-corrected chi connectivity index (χ2v) is 5.95. The van der Waals surface area contributed by atoms with Gasteiger partial charge in [-0.15, -0.1) is 0 Å². The number of carbonyl (C=O) groups excluding carboxylic acids is 1. The first-order valence-electron chi connectivity index (χ1n) is 5.28. The maximum Gasteiger partial charge on any atom is 0.239 e. The summed E-state index contributed by atoms with van der Waals surface area (Å²) in [5.41, 5.74) is 0.589. The van der Waals surface area contributed by atoms with Crippen LogP contribution in [0.4, 0.5) is 5.69 Å². The van der Waals surface area contributed by atoms with Gasteiger partial charge >= 0.3 is 0 Å². The zero-order valence-electron chi connectivity index (χ0n) is 10.1. The van der Waals surface area contributed by atoms with Crippen LogP contribution in [0.1, 0.15) is 20.8 Å². The number of benzene rings is 1. The monoisotopic (exact) mass is 318 g/mol. The van der Waals surface area contributed by atoms with Crippen LogP contribution in [-0.2, 0) is 4.79 Å². The average Bonchev–Trinajstić information content (AvgIpc) is 2.18. The number of halogens is 2. The molecule has 0 aliphatic rings. The van der Waals surface area contributed by atoms with Gasteiger partial charge in [0.2, 0.25) is 5.91 Å². The summed E-state index contributed by atoms with van der Waals surface area (Å²) in [6.07, 6.45) is 0. The molecule has 0 unspecified atom stereocenters. The van der Waals surface area contributed by atoms with Gasteiger partial charge in [0.05, 0.1) is 21.7 Å². The van der Waals surface area contributed by atoms with Crippen molar-refractivity contribution in [2.75, 3.05) is 11.9 Å². The number of amides is 1. The molecule has 17 heavy (non-hydrogen) atoms. The van der Waals surface area contributed by atoms with Crippen molar-refractivity contribution in [1.29, 1.82) is 0 Å². The quantitative estimate of drug-likeness (QED) is 0.896. The van der Waals surface area contributed by atoms with E-state index in [4.69, 9.17) is 11.6 Å². The molecule has 1 aromatic rings. The second-order valence-electron chi connectivity index (χ2n) is 4.75. The number of nitrogens with one attached hydrogen (secondary N) is 2. The van der Waals surface area contributed by atoms with Crippen LogP contribution in [-0.4, -0.2) is 18.0 Å². The number of rotatable bonds is 3. The van der Waals surface area contributed by atoms with Crippen LogP contribution in [0.3, 0.4) is 0 Å². The smallest absolute Gasteiger partial charge is 0.239 e. The van der Waals surface area contributed by atoms with E-state index in [0.717, 1.165) is 10.2 Å². The molecule has 0 heterocycles. The van der Waals surface area contributed by atoms with Crippen molar-refractivity contribution in [3.8, 4) is 0 Å². The maximum atomic E-state index is 11.6. The molecule has 0 aliphatic carbocycles. The van der Waals surface area contributed by atoms with Crippen molar-refractivity contribution in [2.45, 2.75) is 26.3 Å². The van der Waals surface area contributed by atoms with Gasteiger partial charge in [-0.1, -0.05) is 17.7 Å². The van der Waals surface area contributed by atoms with Crippen molar-refractivity contribution in [1.82, 2.24) is 5.32 Å². The molecule has 94 valence electrons. The van der Waals surface area contributed by atoms with E-state index in [1.807, 2.05) is 32.9 Å². The molecule has 0 spiro atoms. The van der Waals surface area contributed by atoms with Crippen LogP contribution >= 0.6 is 27.5 Å². The van der Waals surface area contributed by atoms with Crippen LogP contribution in [0.5, 0.6) is 0 Å². The van der Waals surface area contributed by atoms with Gasteiger partial charge < -0.3 is 10.6 Å². The fraction of sp³-hybridized carbons (Fsp3) is 0.417. The van der Waals surface area contributed by atoms with Crippen molar-refractivity contribution < 1.29 is 4.79 Å². The topological polar surface area (TPSA) is 41.1 Å². The van der Waals surface area contributed by atoms with Crippen LogP contribution in [0, 0.1) is 0 Å². The zero-order valence-corrected chi connectivity index (χ0v) is 12.4. The fourth-order valence-corrected chi connectivity index (χ4v) is 1.86. The molecule has 0 bridgehead atoms. The van der Waals surface area contributed by atoms with Gasteiger partial charge in [0, 0.05) is 5.54 Å². The van der Waals surface area contributed by atoms with E-state index in [0.29, 0.717) is 5.02 Å². The number of hydrogen-bond acceptors (Lipinski definition) is 2. The molecular weight excluding hydrogens is 304 g/mol. The Hall–Kier alpha value is -0.740. The lowest BCUT2D eigenvalue weighted by Crippen LogP contribution is -2.43. The van der Waals surface area contributed by atoms with E-state index in [1.54, 1.807) is 6.07 Å². The Morgan fingerprint density at radius 1 is 1.41 bits per heavy atom. The van der Waals surface area contributed by atoms with E-state index >= 15 is 0 Å². The Morgan fingerprint density at radius 3 is 2.65 bits per heavy atom. The molecule has 5 heteroatoms. The van der Waals surface area contributed by atoms with Gasteiger partial charge in [0.25, 0.3) is 0 Å². The van der Waals surface area contributed by atoms with Gasteiger partial charge in [0.15, 0.2) is 0 Å². The zero-order chi connectivity index (χ0) is 13.1. The Bertz CT molecular complexity index is 415. The van der Waals surface area contributed by atoms with Gasteiger partial charge in [-0.3, -0.25) is 4.79 Å². The van der Waals surface area contributed by atoms with Gasteiger partial charge in [-0.05, 0) is 48.8 Å². The summed E-state index contributed by atoms with van der Waals surface area (Å²) < 4.78 is 0.769. The van der Waals surface area contributed by atoms with E-state index in [-0.39, 0.29) is 18.0 Å². The van der Waals surface area contributed by atoms with Crippen LogP contribution in [0.25, 0.3) is 0 Å². The number of anilines is 1. The molecule has 0 aliphatic heterocycles. The summed E-state index contributed by atoms with van der Waals surface area (Å²) in [5.74, 6) is -0.0515. The lowest BCUT2D eigenvalue weighted by atomic mass is 10.1. The SMILES string of the molecule is CC(C)(C)NC(=O)CNc1cccc(Cl)c1Br. The molecule has 2 N–H and O–H groups in total. The van der Waals surface area contributed by atoms with Crippen molar-refractivity contribution >= 4 is 39.1 Å². The molecular formula is C12H16BrClN2O. The van der Waals surface area contributed by atoms with Crippen molar-refractivity contribution in [2.24, 2.45) is 0 Å². The first kappa shape index (κ1) is 14.3. The first-order chi connectivity index (χ1) is 7.79. The largest absolute Gasteiger partial charge is 0.375 e. The minimum absolute atomic E-state index is 0.0515. The highest BCUT2D eigenvalue weighted by Crippen LogP contribution is 2.29. The maximum absolute atomic E-state index is 11.6. The Balaban J connectivity index is 2.56. The average molecular weight is 320 g/mol. The first-order valence-corrected chi connectivity index (χ1v) is 6.45. The molecule has 1 amide bonds. The van der Waals surface area contributed by atoms with Gasteiger partial charge in [-0.2, -0.15) is 0 Å². The number of hydrogen-bond donors (Lipinski definition) is 2. The highest BCUT2D eigenvalue weighted by atomic mass is 79.9. The molecule has 3 nitrogen and oxygen atoms in total. The van der Waals surface area contributed by atoms with Crippen LogP contribution < -0.4 is 10.6 Å². The predicted molar refractivity (Wildman–Crippen MR) is 75.5 cm³/mol. The Morgan fingerprint density at radius 2 is 2.06 bits per heavy atom. The molecule has 0 fully saturated rings. The lowest BCUT2D eigenvalue weighted by Gasteiger charge is -2.21. The molecule has 0 atom stereocenters. The third-order valence-electron chi connectivity index (χ3n) is 1.91. The Labute approximate surface area is 115 Å². The van der Waals surface area contributed by atoms with Crippen molar-refractivity contribution in [3.05, 3.63) is 27.7 Å². The summed E-state index contributed by atoms with van der Waals surface area (Å²) in [5, 5.41) is 6.52. The molecule has 1 rings (SSSR count). The molecule has 0 radical (unpaired) electrons. The molecule has 0 saturated carbocycles. The summed E-state index contributed by atoms with van der Waals surface area (Å²) >= 11 is 9.31. The third-order valence-corrected chi connectivity index (χ3v) is 3.30. The summed E-state index contributed by atoms with van der Waals surface area (Å²) in [6, 6.07) is 5.48. The molecule has 0 aromatic heterocycles. The minimum Gasteiger partial charge on any atom is -0.375 e. The summed E-state index contributed by atoms with van der Waals surface area (Å²) in [4.78, 5) is 11.6. The van der Waals surface area contributed by atoms with Crippen LogP contribution in [0.2, 0.25) is 5.02 Å². The van der Waals surface area contributed by atoms with Crippen molar-refractivity contribution in [3.63, 3.8) is 0 Å². The minimum atomic E-state index is -0.218. The standard InChI is InChI=1S/C12H16BrClN2O/c1-12(2,3)16-10(17)7-15-9-6-4-5-8(14)11(9)13/h4-6,15H,7H2,1-3H3,(H,16,17). The van der Waals surface area contributed by atoms with E-state index in [9.17, 15) is 4.79 Å². The highest BCUT2D eigenvalue weighted by molar-refractivity contribution is 9.10. The van der Waals surface area contributed by atoms with Crippen LogP contribution in [0.15, 0.2) is 22.7 Å². The van der Waals surface area contributed by atoms with Gasteiger partial charge in [0.1, 0.15) is 0 Å². The van der Waals surface area contributed by atoms with E-state index in [2.05, 4.69) is 26.6 Å². The van der Waals surface area contributed by atoms with Gasteiger partial charge in [-0.25, -0.2) is 0 Å². The molecule has 1 aromatic carbocycles.